The van der Waals surface area contributed by atoms with E-state index < -0.39 is 5.91 Å². The maximum Gasteiger partial charge on any atom is 0.300 e. The third kappa shape index (κ3) is 13.5. The second-order valence-corrected chi connectivity index (χ2v) is 15.3. The van der Waals surface area contributed by atoms with Crippen LogP contribution >= 0.6 is 0 Å². The molecular formula is C49H64N12O4. The number of amides is 2. The molecular weight excluding hydrogens is 821 g/mol. The summed E-state index contributed by atoms with van der Waals surface area (Å²) in [6.07, 6.45) is 7.80. The number of aldehydes is 1. The molecule has 16 heteroatoms. The molecule has 0 saturated heterocycles. The number of rotatable bonds is 14. The van der Waals surface area contributed by atoms with Crippen LogP contribution in [0.15, 0.2) is 66.9 Å². The van der Waals surface area contributed by atoms with Gasteiger partial charge in [-0.25, -0.2) is 31.4 Å². The smallest absolute Gasteiger partial charge is 0.300 e. The molecule has 6 rings (SSSR count). The average Bonchev–Trinajstić information content (AvgIpc) is 3.74. The molecule has 4 aromatic heterocycles. The number of carbonyl (C=O) groups excluding carboxylic acids is 3. The SMILES string of the molecule is C.C.CCCCn1c(C=O)c(-c2ccc(C)cc2)c2c(N)ncnc21.[C-]#[N+]/C(=C\c1c(-c2ccc(C)cc2)c2c(N)ncnc2n1CCCO)C(=O)NC(C)C.[C-]#[N+]CC(=O)NC(C)C. The van der Waals surface area contributed by atoms with Crippen LogP contribution in [0, 0.1) is 27.0 Å². The van der Waals surface area contributed by atoms with E-state index in [-0.39, 0.29) is 51.7 Å². The molecule has 4 heterocycles. The molecule has 0 unspecified atom stereocenters. The molecule has 2 aromatic carbocycles. The van der Waals surface area contributed by atoms with Crippen LogP contribution in [-0.4, -0.2) is 77.5 Å². The van der Waals surface area contributed by atoms with E-state index in [9.17, 15) is 19.5 Å². The predicted octanol–water partition coefficient (Wildman–Crippen LogP) is 8.46. The van der Waals surface area contributed by atoms with Crippen LogP contribution in [-0.2, 0) is 22.7 Å². The van der Waals surface area contributed by atoms with E-state index in [1.165, 1.54) is 18.2 Å². The van der Waals surface area contributed by atoms with Crippen LogP contribution in [0.25, 0.3) is 60.1 Å². The topological polar surface area (TPSA) is 218 Å². The lowest BCUT2D eigenvalue weighted by atomic mass is 10.0. The Morgan fingerprint density at radius 3 is 1.63 bits per heavy atom. The lowest BCUT2D eigenvalue weighted by Gasteiger charge is -2.11. The van der Waals surface area contributed by atoms with Gasteiger partial charge in [0, 0.05) is 48.6 Å². The number of hydrogen-bond donors (Lipinski definition) is 5. The number of nitrogens with zero attached hydrogens (tertiary/aromatic N) is 8. The molecule has 6 aromatic rings. The van der Waals surface area contributed by atoms with Crippen LogP contribution in [0.3, 0.4) is 0 Å². The minimum absolute atomic E-state index is 0. The van der Waals surface area contributed by atoms with Crippen molar-refractivity contribution in [1.82, 2.24) is 39.7 Å². The van der Waals surface area contributed by atoms with Gasteiger partial charge in [-0.3, -0.25) is 14.4 Å². The number of nitrogens with two attached hydrogens (primary N) is 2. The van der Waals surface area contributed by atoms with Gasteiger partial charge in [0.2, 0.25) is 0 Å². The first kappa shape index (κ1) is 53.7. The molecule has 0 spiro atoms. The summed E-state index contributed by atoms with van der Waals surface area (Å²) in [6.45, 7) is 28.6. The molecule has 0 radical (unpaired) electrons. The first-order valence-electron chi connectivity index (χ1n) is 20.7. The highest BCUT2D eigenvalue weighted by Crippen LogP contribution is 2.39. The number of nitrogens with one attached hydrogen (secondary N) is 2. The quantitative estimate of drug-likeness (QED) is 0.0399. The Balaban J connectivity index is 0.000000376. The van der Waals surface area contributed by atoms with Crippen molar-refractivity contribution < 1.29 is 19.5 Å². The zero-order valence-electron chi connectivity index (χ0n) is 36.9. The van der Waals surface area contributed by atoms with E-state index in [0.717, 1.165) is 64.5 Å². The largest absolute Gasteiger partial charge is 0.396 e. The van der Waals surface area contributed by atoms with Crippen LogP contribution in [0.2, 0.25) is 0 Å². The van der Waals surface area contributed by atoms with Crippen molar-refractivity contribution in [3.63, 3.8) is 0 Å². The molecule has 0 aliphatic rings. The third-order valence-corrected chi connectivity index (χ3v) is 9.60. The van der Waals surface area contributed by atoms with Gasteiger partial charge in [0.05, 0.1) is 23.0 Å². The fraction of sp³-hybridized carbons (Fsp3) is 0.367. The van der Waals surface area contributed by atoms with Crippen molar-refractivity contribution in [1.29, 1.82) is 0 Å². The van der Waals surface area contributed by atoms with Crippen LogP contribution in [0.4, 0.5) is 11.6 Å². The summed E-state index contributed by atoms with van der Waals surface area (Å²) in [5.74, 6) is 0.0794. The molecule has 0 aliphatic heterocycles. The highest BCUT2D eigenvalue weighted by atomic mass is 16.3. The zero-order valence-corrected chi connectivity index (χ0v) is 36.9. The Labute approximate surface area is 382 Å². The summed E-state index contributed by atoms with van der Waals surface area (Å²) < 4.78 is 3.84. The summed E-state index contributed by atoms with van der Waals surface area (Å²) in [6, 6.07) is 16.0. The summed E-state index contributed by atoms with van der Waals surface area (Å²) in [4.78, 5) is 58.4. The van der Waals surface area contributed by atoms with Crippen LogP contribution in [0.5, 0.6) is 0 Å². The summed E-state index contributed by atoms with van der Waals surface area (Å²) in [5.41, 5.74) is 20.6. The highest BCUT2D eigenvalue weighted by molar-refractivity contribution is 6.09. The predicted molar refractivity (Wildman–Crippen MR) is 262 cm³/mol. The van der Waals surface area contributed by atoms with Crippen molar-refractivity contribution in [3.05, 3.63) is 112 Å². The first-order chi connectivity index (χ1) is 30.2. The number of aryl methyl sites for hydroxylation is 4. The normalized spacial score (nSPS) is 10.7. The van der Waals surface area contributed by atoms with Crippen LogP contribution < -0.4 is 22.1 Å². The number of hydrogen-bond acceptors (Lipinski definition) is 10. The fourth-order valence-corrected chi connectivity index (χ4v) is 6.77. The van der Waals surface area contributed by atoms with Gasteiger partial charge < -0.3 is 41.2 Å². The highest BCUT2D eigenvalue weighted by Gasteiger charge is 2.24. The van der Waals surface area contributed by atoms with Gasteiger partial charge >= 0.3 is 0 Å². The van der Waals surface area contributed by atoms with Gasteiger partial charge in [-0.2, -0.15) is 0 Å². The standard InChI is InChI=1S/C23H26N6O2.C18H20N4O.C6H10N2O.2CH4/c1-14(2)28-23(31)17(25-4)12-18-19(16-8-6-15(3)7-9-16)20-21(24)26-13-27-22(20)29(18)10-5-11-30;1-3-4-9-22-14(10-23)15(13-7-5-12(2)6-8-13)16-17(19)20-11-21-18(16)22;1-5(2)8-6(9)4-7-3;;/h6-9,12-14,30H,5,10-11H2,1-3H3,(H,28,31)(H2,24,26,27);5-8,10-11H,3-4,9H2,1-2H3,(H2,19,20,21);5H,4H2,1-2H3,(H,8,9);2*1H4/b17-12-;;;;. The second kappa shape index (κ2) is 25.6. The number of aliphatic hydroxyl groups excluding tert-OH is 1. The number of carbonyl (C=O) groups is 3. The molecule has 7 N–H and O–H groups in total. The molecule has 0 bridgehead atoms. The number of fused-ring (bicyclic) bond motifs is 2. The van der Waals surface area contributed by atoms with E-state index >= 15 is 0 Å². The Morgan fingerprint density at radius 2 is 1.22 bits per heavy atom. The van der Waals surface area contributed by atoms with Crippen LogP contribution in [0.1, 0.15) is 96.0 Å². The van der Waals surface area contributed by atoms with Crippen molar-refractivity contribution in [3.8, 4) is 22.3 Å². The average molecular weight is 885 g/mol. The number of anilines is 2. The molecule has 0 fully saturated rings. The fourth-order valence-electron chi connectivity index (χ4n) is 6.77. The Bertz CT molecular complexity index is 2650. The number of aromatic nitrogens is 6. The summed E-state index contributed by atoms with van der Waals surface area (Å²) in [5, 5.41) is 16.2. The van der Waals surface area contributed by atoms with Gasteiger partial charge in [0.1, 0.15) is 35.6 Å². The molecule has 16 nitrogen and oxygen atoms in total. The third-order valence-electron chi connectivity index (χ3n) is 9.60. The first-order valence-corrected chi connectivity index (χ1v) is 20.7. The van der Waals surface area contributed by atoms with E-state index in [0.29, 0.717) is 47.0 Å². The Kier molecular flexibility index (Phi) is 21.2. The van der Waals surface area contributed by atoms with Gasteiger partial charge in [-0.1, -0.05) is 87.9 Å². The van der Waals surface area contributed by atoms with Gasteiger partial charge in [0.15, 0.2) is 6.29 Å². The zero-order chi connectivity index (χ0) is 46.2. The van der Waals surface area contributed by atoms with Crippen molar-refractivity contribution in [2.75, 3.05) is 24.6 Å². The lowest BCUT2D eigenvalue weighted by molar-refractivity contribution is -0.119. The summed E-state index contributed by atoms with van der Waals surface area (Å²) in [7, 11) is 0. The minimum atomic E-state index is -0.446. The molecule has 0 saturated carbocycles. The van der Waals surface area contributed by atoms with Crippen molar-refractivity contribution in [2.45, 2.75) is 108 Å². The maximum absolute atomic E-state index is 12.6. The number of benzene rings is 2. The number of aliphatic hydroxyl groups is 1. The van der Waals surface area contributed by atoms with E-state index in [1.807, 2.05) is 99.2 Å². The van der Waals surface area contributed by atoms with Gasteiger partial charge in [-0.15, -0.1) is 0 Å². The number of nitrogen functional groups attached to an aromatic ring is 2. The van der Waals surface area contributed by atoms with Crippen molar-refractivity contribution >= 4 is 57.9 Å². The minimum Gasteiger partial charge on any atom is -0.396 e. The van der Waals surface area contributed by atoms with Gasteiger partial charge in [0.25, 0.3) is 24.1 Å². The molecule has 0 atom stereocenters. The van der Waals surface area contributed by atoms with Crippen molar-refractivity contribution in [2.24, 2.45) is 0 Å². The Morgan fingerprint density at radius 1 is 0.754 bits per heavy atom. The molecule has 0 aliphatic carbocycles. The maximum atomic E-state index is 12.6. The van der Waals surface area contributed by atoms with E-state index in [2.05, 4.69) is 47.2 Å². The molecule has 2 amide bonds. The number of unbranched alkanes of at least 4 members (excludes halogenated alkanes) is 1. The van der Waals surface area contributed by atoms with Gasteiger partial charge in [-0.05, 0) is 71.6 Å². The monoisotopic (exact) mass is 885 g/mol. The molecule has 65 heavy (non-hydrogen) atoms. The van der Waals surface area contributed by atoms with E-state index in [1.54, 1.807) is 6.08 Å². The summed E-state index contributed by atoms with van der Waals surface area (Å²) >= 11 is 0. The van der Waals surface area contributed by atoms with E-state index in [4.69, 9.17) is 24.6 Å². The Hall–Kier alpha value is -7.43. The molecule has 344 valence electrons. The lowest BCUT2D eigenvalue weighted by Crippen LogP contribution is -2.31. The second-order valence-electron chi connectivity index (χ2n) is 15.3.